The number of carboxylic acids is 1. The average molecular weight is 261 g/mol. The summed E-state index contributed by atoms with van der Waals surface area (Å²) in [7, 11) is 0. The van der Waals surface area contributed by atoms with E-state index in [2.05, 4.69) is 9.97 Å². The molecule has 1 aromatic heterocycles. The highest BCUT2D eigenvalue weighted by Gasteiger charge is 2.13. The molecule has 0 bridgehead atoms. The maximum atomic E-state index is 13.2. The predicted molar refractivity (Wildman–Crippen MR) is 68.1 cm³/mol. The molecule has 0 aliphatic rings. The molecule has 6 heteroatoms. The second kappa shape index (κ2) is 5.43. The Balaban J connectivity index is 2.42. The van der Waals surface area contributed by atoms with E-state index in [-0.39, 0.29) is 17.5 Å². The number of halogens is 1. The zero-order valence-corrected chi connectivity index (χ0v) is 10.2. The summed E-state index contributed by atoms with van der Waals surface area (Å²) >= 11 is 0. The molecule has 0 fully saturated rings. The van der Waals surface area contributed by atoms with E-state index in [1.807, 2.05) is 6.92 Å². The number of hydrogen-bond acceptors (Lipinski definition) is 4. The Morgan fingerprint density at radius 3 is 2.84 bits per heavy atom. The van der Waals surface area contributed by atoms with Crippen LogP contribution in [0, 0.1) is 5.82 Å². The molecule has 1 aromatic carbocycles. The highest BCUT2D eigenvalue weighted by molar-refractivity contribution is 5.85. The van der Waals surface area contributed by atoms with Gasteiger partial charge < -0.3 is 10.0 Å². The Morgan fingerprint density at radius 2 is 2.21 bits per heavy atom. The molecule has 5 nitrogen and oxygen atoms in total. The molecule has 0 unspecified atom stereocenters. The predicted octanol–water partition coefficient (Wildman–Crippen LogP) is 2.47. The van der Waals surface area contributed by atoms with Gasteiger partial charge in [-0.05, 0) is 31.2 Å². The number of nitrogens with zero attached hydrogens (tertiary/aromatic N) is 3. The number of hydrogen-bond donors (Lipinski definition) is 1. The molecule has 1 N–H and O–H groups in total. The lowest BCUT2D eigenvalue weighted by Crippen LogP contribution is -2.20. The summed E-state index contributed by atoms with van der Waals surface area (Å²) in [4.78, 5) is 20.5. The molecule has 0 spiro atoms. The first-order valence-electron chi connectivity index (χ1n) is 5.71. The molecular formula is C13H12FN3O2. The Morgan fingerprint density at radius 1 is 1.42 bits per heavy atom. The highest BCUT2D eigenvalue weighted by atomic mass is 19.1. The molecule has 2 rings (SSSR count). The van der Waals surface area contributed by atoms with Gasteiger partial charge in [-0.25, -0.2) is 19.2 Å². The van der Waals surface area contributed by atoms with E-state index in [1.54, 1.807) is 17.0 Å². The van der Waals surface area contributed by atoms with Crippen molar-refractivity contribution in [2.45, 2.75) is 6.92 Å². The first-order valence-corrected chi connectivity index (χ1v) is 5.71. The Hall–Kier alpha value is -2.50. The monoisotopic (exact) mass is 261 g/mol. The standard InChI is InChI=1S/C13H12FN3O2/c1-2-17(10-5-3-4-9(14)8-10)13-15-7-6-11(16-13)12(18)19/h3-8H,2H2,1H3,(H,18,19). The Labute approximate surface area is 109 Å². The largest absolute Gasteiger partial charge is 0.477 e. The maximum absolute atomic E-state index is 13.2. The lowest BCUT2D eigenvalue weighted by molar-refractivity contribution is 0.0690. The van der Waals surface area contributed by atoms with Crippen molar-refractivity contribution in [2.75, 3.05) is 11.4 Å². The fourth-order valence-corrected chi connectivity index (χ4v) is 1.68. The van der Waals surface area contributed by atoms with E-state index in [0.717, 1.165) is 0 Å². The SMILES string of the molecule is CCN(c1cccc(F)c1)c1nccc(C(=O)O)n1. The smallest absolute Gasteiger partial charge is 0.354 e. The Bertz CT molecular complexity index is 604. The van der Waals surface area contributed by atoms with Crippen molar-refractivity contribution >= 4 is 17.6 Å². The van der Waals surface area contributed by atoms with E-state index >= 15 is 0 Å². The van der Waals surface area contributed by atoms with Crippen LogP contribution in [0.5, 0.6) is 0 Å². The number of rotatable bonds is 4. The van der Waals surface area contributed by atoms with Crippen LogP contribution in [-0.2, 0) is 0 Å². The zero-order valence-electron chi connectivity index (χ0n) is 10.2. The molecule has 1 heterocycles. The number of anilines is 2. The fourth-order valence-electron chi connectivity index (χ4n) is 1.68. The molecule has 0 aliphatic heterocycles. The summed E-state index contributed by atoms with van der Waals surface area (Å²) < 4.78 is 13.2. The van der Waals surface area contributed by atoms with Crippen LogP contribution in [0.3, 0.4) is 0 Å². The summed E-state index contributed by atoms with van der Waals surface area (Å²) in [5.41, 5.74) is 0.477. The normalized spacial score (nSPS) is 10.2. The van der Waals surface area contributed by atoms with E-state index in [4.69, 9.17) is 5.11 Å². The minimum absolute atomic E-state index is 0.0974. The molecule has 0 amide bonds. The van der Waals surface area contributed by atoms with Crippen molar-refractivity contribution in [3.63, 3.8) is 0 Å². The number of carboxylic acid groups (broad SMARTS) is 1. The van der Waals surface area contributed by atoms with Crippen molar-refractivity contribution in [3.8, 4) is 0 Å². The summed E-state index contributed by atoms with van der Waals surface area (Å²) in [6.07, 6.45) is 1.37. The van der Waals surface area contributed by atoms with Gasteiger partial charge >= 0.3 is 5.97 Å². The van der Waals surface area contributed by atoms with Gasteiger partial charge in [-0.3, -0.25) is 0 Å². The minimum Gasteiger partial charge on any atom is -0.477 e. The van der Waals surface area contributed by atoms with Crippen LogP contribution in [0.1, 0.15) is 17.4 Å². The molecule has 0 saturated heterocycles. The van der Waals surface area contributed by atoms with Gasteiger partial charge in [0.1, 0.15) is 5.82 Å². The summed E-state index contributed by atoms with van der Waals surface area (Å²) in [5.74, 6) is -1.27. The summed E-state index contributed by atoms with van der Waals surface area (Å²) in [5, 5.41) is 8.91. The Kier molecular flexibility index (Phi) is 3.70. The number of aromatic carboxylic acids is 1. The van der Waals surface area contributed by atoms with E-state index in [1.165, 1.54) is 24.4 Å². The van der Waals surface area contributed by atoms with Crippen LogP contribution in [-0.4, -0.2) is 27.6 Å². The van der Waals surface area contributed by atoms with Gasteiger partial charge in [0.15, 0.2) is 5.69 Å². The molecule has 0 saturated carbocycles. The van der Waals surface area contributed by atoms with E-state index in [9.17, 15) is 9.18 Å². The van der Waals surface area contributed by atoms with E-state index < -0.39 is 5.97 Å². The number of benzene rings is 1. The van der Waals surface area contributed by atoms with Crippen LogP contribution in [0.2, 0.25) is 0 Å². The number of aromatic nitrogens is 2. The first kappa shape index (κ1) is 12.9. The van der Waals surface area contributed by atoms with Gasteiger partial charge in [0.2, 0.25) is 5.95 Å². The maximum Gasteiger partial charge on any atom is 0.354 e. The van der Waals surface area contributed by atoms with Gasteiger partial charge in [-0.15, -0.1) is 0 Å². The van der Waals surface area contributed by atoms with Gasteiger partial charge in [0.05, 0.1) is 0 Å². The topological polar surface area (TPSA) is 66.3 Å². The number of carbonyl (C=O) groups is 1. The molecule has 0 atom stereocenters. The average Bonchev–Trinajstić information content (AvgIpc) is 2.40. The van der Waals surface area contributed by atoms with Crippen molar-refractivity contribution in [2.24, 2.45) is 0 Å². The lowest BCUT2D eigenvalue weighted by Gasteiger charge is -2.20. The minimum atomic E-state index is -1.13. The van der Waals surface area contributed by atoms with E-state index in [0.29, 0.717) is 12.2 Å². The quantitative estimate of drug-likeness (QED) is 0.915. The molecule has 0 aliphatic carbocycles. The third-order valence-corrected chi connectivity index (χ3v) is 2.54. The second-order valence-corrected chi connectivity index (χ2v) is 3.77. The highest BCUT2D eigenvalue weighted by Crippen LogP contribution is 2.22. The third-order valence-electron chi connectivity index (χ3n) is 2.54. The third kappa shape index (κ3) is 2.85. The van der Waals surface area contributed by atoms with Crippen LogP contribution in [0.25, 0.3) is 0 Å². The molecule has 0 radical (unpaired) electrons. The van der Waals surface area contributed by atoms with Crippen LogP contribution in [0.15, 0.2) is 36.5 Å². The molecule has 19 heavy (non-hydrogen) atoms. The van der Waals surface area contributed by atoms with Crippen molar-refractivity contribution in [1.82, 2.24) is 9.97 Å². The molecular weight excluding hydrogens is 249 g/mol. The second-order valence-electron chi connectivity index (χ2n) is 3.77. The summed E-state index contributed by atoms with van der Waals surface area (Å²) in [6, 6.07) is 7.29. The van der Waals surface area contributed by atoms with Gasteiger partial charge in [-0.2, -0.15) is 0 Å². The molecule has 2 aromatic rings. The fraction of sp³-hybridized carbons (Fsp3) is 0.154. The van der Waals surface area contributed by atoms with Crippen LogP contribution >= 0.6 is 0 Å². The lowest BCUT2D eigenvalue weighted by atomic mass is 10.3. The van der Waals surface area contributed by atoms with Crippen LogP contribution < -0.4 is 4.90 Å². The van der Waals surface area contributed by atoms with Gasteiger partial charge in [-0.1, -0.05) is 6.07 Å². The zero-order chi connectivity index (χ0) is 13.8. The van der Waals surface area contributed by atoms with Crippen molar-refractivity contribution < 1.29 is 14.3 Å². The first-order chi connectivity index (χ1) is 9.11. The van der Waals surface area contributed by atoms with Crippen molar-refractivity contribution in [1.29, 1.82) is 0 Å². The van der Waals surface area contributed by atoms with Gasteiger partial charge in [0.25, 0.3) is 0 Å². The van der Waals surface area contributed by atoms with Gasteiger partial charge in [0, 0.05) is 18.4 Å². The molecule has 98 valence electrons. The van der Waals surface area contributed by atoms with Crippen molar-refractivity contribution in [3.05, 3.63) is 48.0 Å². The summed E-state index contributed by atoms with van der Waals surface area (Å²) in [6.45, 7) is 2.34. The van der Waals surface area contributed by atoms with Crippen LogP contribution in [0.4, 0.5) is 16.0 Å².